The van der Waals surface area contributed by atoms with Crippen molar-refractivity contribution in [3.63, 3.8) is 0 Å². The Hall–Kier alpha value is -0.960. The molecule has 0 atom stereocenters. The molecule has 1 N–H and O–H groups in total. The Morgan fingerprint density at radius 1 is 1.47 bits per heavy atom. The second-order valence-corrected chi connectivity index (χ2v) is 4.63. The average molecular weight is 223 g/mol. The monoisotopic (exact) mass is 223 g/mol. The van der Waals surface area contributed by atoms with Gasteiger partial charge in [0.25, 0.3) is 0 Å². The largest absolute Gasteiger partial charge is 0.356 e. The average Bonchev–Trinajstić information content (AvgIpc) is 2.17. The van der Waals surface area contributed by atoms with E-state index < -0.39 is 0 Å². The molecule has 0 aliphatic carbocycles. The minimum absolute atomic E-state index is 0.0474. The number of thioether (sulfide) groups is 1. The van der Waals surface area contributed by atoms with Crippen LogP contribution in [0.3, 0.4) is 0 Å². The fourth-order valence-electron chi connectivity index (χ4n) is 1.29. The van der Waals surface area contributed by atoms with Crippen molar-refractivity contribution < 1.29 is 4.79 Å². The molecule has 1 rings (SSSR count). The molecular weight excluding hydrogens is 206 g/mol. The van der Waals surface area contributed by atoms with Gasteiger partial charge in [0.15, 0.2) is 0 Å². The molecule has 0 radical (unpaired) electrons. The van der Waals surface area contributed by atoms with Crippen molar-refractivity contribution in [2.75, 3.05) is 12.3 Å². The summed E-state index contributed by atoms with van der Waals surface area (Å²) in [6.45, 7) is 4.41. The van der Waals surface area contributed by atoms with Gasteiger partial charge < -0.3 is 5.32 Å². The van der Waals surface area contributed by atoms with E-state index in [9.17, 15) is 4.79 Å². The zero-order chi connectivity index (χ0) is 11.1. The lowest BCUT2D eigenvalue weighted by Crippen LogP contribution is -2.22. The van der Waals surface area contributed by atoms with E-state index in [0.717, 1.165) is 18.1 Å². The summed E-state index contributed by atoms with van der Waals surface area (Å²) < 4.78 is 0. The van der Waals surface area contributed by atoms with Gasteiger partial charge in [-0.2, -0.15) is 11.8 Å². The van der Waals surface area contributed by atoms with Crippen LogP contribution in [0.25, 0.3) is 0 Å². The fourth-order valence-corrected chi connectivity index (χ4v) is 2.10. The summed E-state index contributed by atoms with van der Waals surface area (Å²) in [6, 6.07) is 8.52. The summed E-state index contributed by atoms with van der Waals surface area (Å²) in [6.07, 6.45) is 0. The van der Waals surface area contributed by atoms with Crippen molar-refractivity contribution in [2.45, 2.75) is 19.6 Å². The van der Waals surface area contributed by atoms with E-state index >= 15 is 0 Å². The zero-order valence-electron chi connectivity index (χ0n) is 9.25. The highest BCUT2D eigenvalue weighted by atomic mass is 32.2. The Bertz CT molecular complexity index is 325. The first kappa shape index (κ1) is 12.1. The van der Waals surface area contributed by atoms with Gasteiger partial charge in [-0.3, -0.25) is 4.79 Å². The SMILES string of the molecule is CC(=O)NCCSCc1cccc(C)c1. The molecule has 0 aromatic heterocycles. The number of benzene rings is 1. The van der Waals surface area contributed by atoms with Crippen LogP contribution in [0, 0.1) is 6.92 Å². The van der Waals surface area contributed by atoms with Crippen LogP contribution < -0.4 is 5.32 Å². The molecule has 0 heterocycles. The standard InChI is InChI=1S/C12H17NOS/c1-10-4-3-5-12(8-10)9-15-7-6-13-11(2)14/h3-5,8H,6-7,9H2,1-2H3,(H,13,14). The lowest BCUT2D eigenvalue weighted by Gasteiger charge is -2.03. The minimum Gasteiger partial charge on any atom is -0.356 e. The second kappa shape index (κ2) is 6.51. The van der Waals surface area contributed by atoms with E-state index in [-0.39, 0.29) is 5.91 Å². The van der Waals surface area contributed by atoms with Crippen LogP contribution in [-0.4, -0.2) is 18.2 Å². The van der Waals surface area contributed by atoms with Gasteiger partial charge >= 0.3 is 0 Å². The predicted molar refractivity (Wildman–Crippen MR) is 66.0 cm³/mol. The molecule has 0 saturated heterocycles. The van der Waals surface area contributed by atoms with Gasteiger partial charge in [-0.1, -0.05) is 29.8 Å². The van der Waals surface area contributed by atoms with Crippen LogP contribution in [-0.2, 0) is 10.5 Å². The van der Waals surface area contributed by atoms with Crippen LogP contribution in [0.2, 0.25) is 0 Å². The second-order valence-electron chi connectivity index (χ2n) is 3.52. The number of hydrogen-bond acceptors (Lipinski definition) is 2. The summed E-state index contributed by atoms with van der Waals surface area (Å²) in [5.74, 6) is 2.03. The van der Waals surface area contributed by atoms with Crippen LogP contribution in [0.15, 0.2) is 24.3 Å². The number of nitrogens with one attached hydrogen (secondary N) is 1. The molecule has 1 amide bonds. The number of amides is 1. The fraction of sp³-hybridized carbons (Fsp3) is 0.417. The van der Waals surface area contributed by atoms with Crippen LogP contribution in [0.1, 0.15) is 18.1 Å². The summed E-state index contributed by atoms with van der Waals surface area (Å²) in [5.41, 5.74) is 2.65. The minimum atomic E-state index is 0.0474. The number of hydrogen-bond donors (Lipinski definition) is 1. The third kappa shape index (κ3) is 5.47. The Morgan fingerprint density at radius 2 is 2.27 bits per heavy atom. The number of carbonyl (C=O) groups is 1. The third-order valence-corrected chi connectivity index (χ3v) is 3.00. The van der Waals surface area contributed by atoms with Gasteiger partial charge in [-0.25, -0.2) is 0 Å². The van der Waals surface area contributed by atoms with E-state index in [1.54, 1.807) is 6.92 Å². The summed E-state index contributed by atoms with van der Waals surface area (Å²) >= 11 is 1.84. The summed E-state index contributed by atoms with van der Waals surface area (Å²) in [5, 5.41) is 2.78. The van der Waals surface area contributed by atoms with E-state index in [1.807, 2.05) is 11.8 Å². The van der Waals surface area contributed by atoms with Gasteiger partial charge in [0.1, 0.15) is 0 Å². The smallest absolute Gasteiger partial charge is 0.216 e. The maximum Gasteiger partial charge on any atom is 0.216 e. The Labute approximate surface area is 95.5 Å². The predicted octanol–water partition coefficient (Wildman–Crippen LogP) is 2.36. The lowest BCUT2D eigenvalue weighted by molar-refractivity contribution is -0.118. The molecule has 0 aliphatic rings. The molecule has 0 aliphatic heterocycles. The molecule has 82 valence electrons. The van der Waals surface area contributed by atoms with E-state index in [0.29, 0.717) is 0 Å². The molecule has 0 spiro atoms. The lowest BCUT2D eigenvalue weighted by atomic mass is 10.2. The van der Waals surface area contributed by atoms with Gasteiger partial charge in [0, 0.05) is 25.0 Å². The quantitative estimate of drug-likeness (QED) is 0.776. The first-order valence-corrected chi connectivity index (χ1v) is 6.21. The van der Waals surface area contributed by atoms with Crippen LogP contribution in [0.4, 0.5) is 0 Å². The van der Waals surface area contributed by atoms with E-state index in [4.69, 9.17) is 0 Å². The first-order chi connectivity index (χ1) is 7.18. The highest BCUT2D eigenvalue weighted by molar-refractivity contribution is 7.98. The number of rotatable bonds is 5. The molecule has 1 aromatic rings. The van der Waals surface area contributed by atoms with Crippen molar-refractivity contribution in [2.24, 2.45) is 0 Å². The van der Waals surface area contributed by atoms with Crippen molar-refractivity contribution >= 4 is 17.7 Å². The van der Waals surface area contributed by atoms with E-state index in [2.05, 4.69) is 36.5 Å². The Balaban J connectivity index is 2.17. The third-order valence-electron chi connectivity index (χ3n) is 1.97. The summed E-state index contributed by atoms with van der Waals surface area (Å²) in [7, 11) is 0. The van der Waals surface area contributed by atoms with Crippen LogP contribution >= 0.6 is 11.8 Å². The molecule has 3 heteroatoms. The Kier molecular flexibility index (Phi) is 5.26. The maximum atomic E-state index is 10.6. The van der Waals surface area contributed by atoms with Crippen molar-refractivity contribution in [1.29, 1.82) is 0 Å². The summed E-state index contributed by atoms with van der Waals surface area (Å²) in [4.78, 5) is 10.6. The normalized spacial score (nSPS) is 10.0. The van der Waals surface area contributed by atoms with Crippen molar-refractivity contribution in [3.05, 3.63) is 35.4 Å². The van der Waals surface area contributed by atoms with Gasteiger partial charge in [0.2, 0.25) is 5.91 Å². The number of aryl methyl sites for hydroxylation is 1. The van der Waals surface area contributed by atoms with Gasteiger partial charge in [0.05, 0.1) is 0 Å². The molecule has 1 aromatic carbocycles. The topological polar surface area (TPSA) is 29.1 Å². The van der Waals surface area contributed by atoms with Crippen molar-refractivity contribution in [3.8, 4) is 0 Å². The Morgan fingerprint density at radius 3 is 2.93 bits per heavy atom. The van der Waals surface area contributed by atoms with Crippen LogP contribution in [0.5, 0.6) is 0 Å². The molecule has 2 nitrogen and oxygen atoms in total. The van der Waals surface area contributed by atoms with E-state index in [1.165, 1.54) is 11.1 Å². The molecule has 0 saturated carbocycles. The van der Waals surface area contributed by atoms with Gasteiger partial charge in [-0.05, 0) is 12.5 Å². The van der Waals surface area contributed by atoms with Gasteiger partial charge in [-0.15, -0.1) is 0 Å². The first-order valence-electron chi connectivity index (χ1n) is 5.06. The number of carbonyl (C=O) groups excluding carboxylic acids is 1. The zero-order valence-corrected chi connectivity index (χ0v) is 10.1. The molecule has 15 heavy (non-hydrogen) atoms. The highest BCUT2D eigenvalue weighted by Crippen LogP contribution is 2.12. The maximum absolute atomic E-state index is 10.6. The molecular formula is C12H17NOS. The molecule has 0 fully saturated rings. The molecule has 0 unspecified atom stereocenters. The highest BCUT2D eigenvalue weighted by Gasteiger charge is 1.95. The molecule has 0 bridgehead atoms. The van der Waals surface area contributed by atoms with Crippen molar-refractivity contribution in [1.82, 2.24) is 5.32 Å².